The normalized spacial score (nSPS) is 10.1. The Bertz CT molecular complexity index is 363. The molecule has 0 heterocycles. The van der Waals surface area contributed by atoms with Crippen LogP contribution in [0.3, 0.4) is 0 Å². The summed E-state index contributed by atoms with van der Waals surface area (Å²) in [6, 6.07) is 5.24. The number of carbonyl (C=O) groups is 1. The van der Waals surface area contributed by atoms with Gasteiger partial charge in [0, 0.05) is 6.61 Å². The number of hydrogen-bond acceptors (Lipinski definition) is 3. The van der Waals surface area contributed by atoms with E-state index in [1.165, 1.54) is 0 Å². The van der Waals surface area contributed by atoms with Gasteiger partial charge in [0.05, 0.1) is 18.7 Å². The van der Waals surface area contributed by atoms with Crippen molar-refractivity contribution in [2.45, 2.75) is 20.3 Å². The van der Waals surface area contributed by atoms with Crippen molar-refractivity contribution in [2.24, 2.45) is 0 Å². The summed E-state index contributed by atoms with van der Waals surface area (Å²) >= 11 is 0. The number of anilines is 1. The highest BCUT2D eigenvalue weighted by Gasteiger charge is 2.07. The number of rotatable bonds is 5. The Morgan fingerprint density at radius 1 is 1.50 bits per heavy atom. The van der Waals surface area contributed by atoms with Crippen LogP contribution < -0.4 is 5.32 Å². The molecular formula is C12H17NO3. The number of ether oxygens (including phenoxy) is 1. The number of phenolic OH excluding ortho intramolecular Hbond substituents is 1. The molecule has 0 atom stereocenters. The lowest BCUT2D eigenvalue weighted by Crippen LogP contribution is -2.14. The van der Waals surface area contributed by atoms with Crippen molar-refractivity contribution >= 4 is 11.6 Å². The summed E-state index contributed by atoms with van der Waals surface area (Å²) in [6.45, 7) is 4.66. The molecule has 0 saturated heterocycles. The van der Waals surface area contributed by atoms with Gasteiger partial charge in [-0.15, -0.1) is 0 Å². The first-order valence-corrected chi connectivity index (χ1v) is 5.31. The summed E-state index contributed by atoms with van der Waals surface area (Å²) in [7, 11) is 0. The third-order valence-electron chi connectivity index (χ3n) is 2.19. The van der Waals surface area contributed by atoms with E-state index in [4.69, 9.17) is 4.74 Å². The third-order valence-corrected chi connectivity index (χ3v) is 2.19. The van der Waals surface area contributed by atoms with Crippen molar-refractivity contribution in [3.63, 3.8) is 0 Å². The fraction of sp³-hybridized carbons (Fsp3) is 0.417. The molecule has 4 heteroatoms. The maximum atomic E-state index is 11.4. The number of aryl methyl sites for hydroxylation is 1. The van der Waals surface area contributed by atoms with Crippen LogP contribution in [0.2, 0.25) is 0 Å². The molecule has 4 nitrogen and oxygen atoms in total. The first-order valence-electron chi connectivity index (χ1n) is 5.31. The van der Waals surface area contributed by atoms with Crippen LogP contribution in [0, 0.1) is 6.92 Å². The van der Waals surface area contributed by atoms with Gasteiger partial charge in [0.2, 0.25) is 5.91 Å². The molecule has 0 aliphatic carbocycles. The van der Waals surface area contributed by atoms with Crippen molar-refractivity contribution < 1.29 is 14.6 Å². The summed E-state index contributed by atoms with van der Waals surface area (Å²) in [6.07, 6.45) is 0.293. The summed E-state index contributed by atoms with van der Waals surface area (Å²) in [4.78, 5) is 11.4. The van der Waals surface area contributed by atoms with Crippen LogP contribution in [-0.4, -0.2) is 24.2 Å². The standard InChI is InChI=1S/C12H17NO3/c1-3-16-8-7-11(14)13-10-6-4-5-9(2)12(10)15/h4-6,15H,3,7-8H2,1-2H3,(H,13,14). The molecule has 1 aromatic rings. The molecule has 0 aromatic heterocycles. The molecule has 0 radical (unpaired) electrons. The second kappa shape index (κ2) is 6.12. The van der Waals surface area contributed by atoms with E-state index in [1.54, 1.807) is 25.1 Å². The predicted octanol–water partition coefficient (Wildman–Crippen LogP) is 2.07. The lowest BCUT2D eigenvalue weighted by atomic mass is 10.2. The van der Waals surface area contributed by atoms with Gasteiger partial charge in [-0.05, 0) is 25.5 Å². The molecule has 16 heavy (non-hydrogen) atoms. The van der Waals surface area contributed by atoms with Crippen LogP contribution in [0.4, 0.5) is 5.69 Å². The Labute approximate surface area is 95.2 Å². The number of aromatic hydroxyl groups is 1. The van der Waals surface area contributed by atoms with E-state index in [-0.39, 0.29) is 11.7 Å². The summed E-state index contributed by atoms with van der Waals surface area (Å²) in [5, 5.41) is 12.3. The number of hydrogen-bond donors (Lipinski definition) is 2. The average Bonchev–Trinajstić information content (AvgIpc) is 2.25. The second-order valence-electron chi connectivity index (χ2n) is 3.47. The highest BCUT2D eigenvalue weighted by molar-refractivity contribution is 5.92. The number of para-hydroxylation sites is 1. The van der Waals surface area contributed by atoms with Gasteiger partial charge < -0.3 is 15.2 Å². The highest BCUT2D eigenvalue weighted by Crippen LogP contribution is 2.26. The minimum atomic E-state index is -0.158. The second-order valence-corrected chi connectivity index (χ2v) is 3.47. The van der Waals surface area contributed by atoms with Crippen molar-refractivity contribution in [3.8, 4) is 5.75 Å². The van der Waals surface area contributed by atoms with E-state index in [0.717, 1.165) is 5.56 Å². The van der Waals surface area contributed by atoms with Crippen LogP contribution in [0.5, 0.6) is 5.75 Å². The van der Waals surface area contributed by atoms with E-state index in [2.05, 4.69) is 5.32 Å². The van der Waals surface area contributed by atoms with Crippen molar-refractivity contribution in [2.75, 3.05) is 18.5 Å². The van der Waals surface area contributed by atoms with Gasteiger partial charge in [-0.2, -0.15) is 0 Å². The van der Waals surface area contributed by atoms with Gasteiger partial charge in [-0.3, -0.25) is 4.79 Å². The van der Waals surface area contributed by atoms with E-state index >= 15 is 0 Å². The minimum absolute atomic E-state index is 0.118. The topological polar surface area (TPSA) is 58.6 Å². The van der Waals surface area contributed by atoms with Crippen LogP contribution in [0.1, 0.15) is 18.9 Å². The van der Waals surface area contributed by atoms with Gasteiger partial charge in [-0.25, -0.2) is 0 Å². The van der Waals surface area contributed by atoms with E-state index < -0.39 is 0 Å². The molecule has 0 saturated carbocycles. The van der Waals surface area contributed by atoms with E-state index in [1.807, 2.05) is 6.92 Å². The first kappa shape index (κ1) is 12.5. The predicted molar refractivity (Wildman–Crippen MR) is 62.6 cm³/mol. The molecule has 1 aromatic carbocycles. The smallest absolute Gasteiger partial charge is 0.226 e. The zero-order chi connectivity index (χ0) is 12.0. The maximum absolute atomic E-state index is 11.4. The number of amides is 1. The monoisotopic (exact) mass is 223 g/mol. The van der Waals surface area contributed by atoms with Crippen LogP contribution in [0.25, 0.3) is 0 Å². The number of phenols is 1. The molecule has 0 aliphatic rings. The van der Waals surface area contributed by atoms with E-state index in [0.29, 0.717) is 25.3 Å². The molecule has 1 amide bonds. The van der Waals surface area contributed by atoms with Crippen molar-refractivity contribution in [1.82, 2.24) is 0 Å². The van der Waals surface area contributed by atoms with Gasteiger partial charge >= 0.3 is 0 Å². The molecule has 88 valence electrons. The molecule has 2 N–H and O–H groups in total. The summed E-state index contributed by atoms with van der Waals surface area (Å²) in [5.41, 5.74) is 1.18. The van der Waals surface area contributed by atoms with Gasteiger partial charge in [0.15, 0.2) is 0 Å². The van der Waals surface area contributed by atoms with Crippen molar-refractivity contribution in [3.05, 3.63) is 23.8 Å². The molecule has 0 bridgehead atoms. The fourth-order valence-corrected chi connectivity index (χ4v) is 1.28. The molecular weight excluding hydrogens is 206 g/mol. The molecule has 0 spiro atoms. The van der Waals surface area contributed by atoms with Crippen LogP contribution >= 0.6 is 0 Å². The molecule has 0 unspecified atom stereocenters. The first-order chi connectivity index (χ1) is 7.65. The van der Waals surface area contributed by atoms with Crippen molar-refractivity contribution in [1.29, 1.82) is 0 Å². The van der Waals surface area contributed by atoms with Gasteiger partial charge in [0.25, 0.3) is 0 Å². The highest BCUT2D eigenvalue weighted by atomic mass is 16.5. The Kier molecular flexibility index (Phi) is 4.79. The van der Waals surface area contributed by atoms with Gasteiger partial charge in [-0.1, -0.05) is 12.1 Å². The maximum Gasteiger partial charge on any atom is 0.226 e. The molecule has 1 rings (SSSR count). The average molecular weight is 223 g/mol. The summed E-state index contributed by atoms with van der Waals surface area (Å²) < 4.78 is 5.07. The minimum Gasteiger partial charge on any atom is -0.505 e. The Balaban J connectivity index is 2.53. The lowest BCUT2D eigenvalue weighted by Gasteiger charge is -2.08. The zero-order valence-corrected chi connectivity index (χ0v) is 9.62. The molecule has 0 fully saturated rings. The van der Waals surface area contributed by atoms with Crippen LogP contribution in [-0.2, 0) is 9.53 Å². The van der Waals surface area contributed by atoms with E-state index in [9.17, 15) is 9.90 Å². The number of carbonyl (C=O) groups excluding carboxylic acids is 1. The Hall–Kier alpha value is -1.55. The fourth-order valence-electron chi connectivity index (χ4n) is 1.28. The largest absolute Gasteiger partial charge is 0.505 e. The SMILES string of the molecule is CCOCCC(=O)Nc1cccc(C)c1O. The zero-order valence-electron chi connectivity index (χ0n) is 9.62. The summed E-state index contributed by atoms with van der Waals surface area (Å²) in [5.74, 6) is -0.0402. The molecule has 0 aliphatic heterocycles. The number of nitrogens with one attached hydrogen (secondary N) is 1. The number of benzene rings is 1. The lowest BCUT2D eigenvalue weighted by molar-refractivity contribution is -0.117. The Morgan fingerprint density at radius 2 is 2.25 bits per heavy atom. The quantitative estimate of drug-likeness (QED) is 0.593. The van der Waals surface area contributed by atoms with Gasteiger partial charge in [0.1, 0.15) is 5.75 Å². The third kappa shape index (κ3) is 3.55. The van der Waals surface area contributed by atoms with Crippen LogP contribution in [0.15, 0.2) is 18.2 Å². The Morgan fingerprint density at radius 3 is 2.94 bits per heavy atom.